The maximum atomic E-state index is 3.58. The third kappa shape index (κ3) is 2.01. The van der Waals surface area contributed by atoms with Gasteiger partial charge in [-0.05, 0) is 42.7 Å². The van der Waals surface area contributed by atoms with E-state index in [1.165, 1.54) is 49.8 Å². The highest BCUT2D eigenvalue weighted by atomic mass is 14.9. The van der Waals surface area contributed by atoms with Crippen molar-refractivity contribution in [3.63, 3.8) is 0 Å². The van der Waals surface area contributed by atoms with Gasteiger partial charge in [0.2, 0.25) is 0 Å². The van der Waals surface area contributed by atoms with Gasteiger partial charge in [-0.15, -0.1) is 0 Å². The van der Waals surface area contributed by atoms with E-state index >= 15 is 0 Å². The number of hydrogen-bond donors (Lipinski definition) is 1. The fourth-order valence-corrected chi connectivity index (χ4v) is 2.56. The Hall–Kier alpha value is -0.980. The molecule has 3 rings (SSSR count). The molecule has 0 spiro atoms. The number of nitrogens with one attached hydrogen (secondary N) is 1. The number of aryl methyl sites for hydroxylation is 2. The Bertz CT molecular complexity index is 352. The largest absolute Gasteiger partial charge is 0.385 e. The lowest BCUT2D eigenvalue weighted by atomic mass is 9.96. The van der Waals surface area contributed by atoms with E-state index in [4.69, 9.17) is 0 Å². The molecular formula is C14H19N. The van der Waals surface area contributed by atoms with E-state index in [1.807, 2.05) is 0 Å². The van der Waals surface area contributed by atoms with Crippen molar-refractivity contribution in [3.8, 4) is 0 Å². The predicted molar refractivity (Wildman–Crippen MR) is 64.3 cm³/mol. The van der Waals surface area contributed by atoms with Crippen LogP contribution >= 0.6 is 0 Å². The van der Waals surface area contributed by atoms with Crippen LogP contribution in [0, 0.1) is 5.92 Å². The lowest BCUT2D eigenvalue weighted by Crippen LogP contribution is -2.13. The number of fused-ring (bicyclic) bond motifs is 1. The summed E-state index contributed by atoms with van der Waals surface area (Å²) < 4.78 is 0. The van der Waals surface area contributed by atoms with Crippen LogP contribution in [0.15, 0.2) is 18.2 Å². The summed E-state index contributed by atoms with van der Waals surface area (Å²) in [5, 5.41) is 3.58. The van der Waals surface area contributed by atoms with Gasteiger partial charge >= 0.3 is 0 Å². The predicted octanol–water partition coefficient (Wildman–Crippen LogP) is 3.39. The molecule has 1 aliphatic carbocycles. The zero-order valence-corrected chi connectivity index (χ0v) is 9.26. The van der Waals surface area contributed by atoms with Gasteiger partial charge in [0.05, 0.1) is 0 Å². The fourth-order valence-electron chi connectivity index (χ4n) is 2.56. The average molecular weight is 201 g/mol. The SMILES string of the molecule is c1cc2c(c(CCC3CC3)c1)NCCC2. The minimum absolute atomic E-state index is 1.05. The van der Waals surface area contributed by atoms with Gasteiger partial charge in [0.25, 0.3) is 0 Å². The Morgan fingerprint density at radius 2 is 2.20 bits per heavy atom. The average Bonchev–Trinajstić information content (AvgIpc) is 3.10. The van der Waals surface area contributed by atoms with Crippen LogP contribution in [-0.2, 0) is 12.8 Å². The van der Waals surface area contributed by atoms with Crippen molar-refractivity contribution in [1.82, 2.24) is 0 Å². The van der Waals surface area contributed by atoms with Crippen LogP contribution in [0.5, 0.6) is 0 Å². The molecule has 1 fully saturated rings. The van der Waals surface area contributed by atoms with Crippen LogP contribution in [0.1, 0.15) is 36.8 Å². The molecule has 0 radical (unpaired) electrons. The Morgan fingerprint density at radius 1 is 1.27 bits per heavy atom. The highest BCUT2D eigenvalue weighted by Crippen LogP contribution is 2.35. The van der Waals surface area contributed by atoms with E-state index in [9.17, 15) is 0 Å². The van der Waals surface area contributed by atoms with Crippen molar-refractivity contribution in [2.45, 2.75) is 38.5 Å². The molecule has 0 amide bonds. The summed E-state index contributed by atoms with van der Waals surface area (Å²) in [4.78, 5) is 0. The normalized spacial score (nSPS) is 19.5. The third-order valence-corrected chi connectivity index (χ3v) is 3.68. The molecule has 1 nitrogen and oxygen atoms in total. The molecular weight excluding hydrogens is 182 g/mol. The number of para-hydroxylation sites is 1. The Balaban J connectivity index is 1.79. The maximum absolute atomic E-state index is 3.58. The number of rotatable bonds is 3. The minimum atomic E-state index is 1.05. The zero-order valence-electron chi connectivity index (χ0n) is 9.26. The monoisotopic (exact) mass is 201 g/mol. The second-order valence-electron chi connectivity index (χ2n) is 4.96. The van der Waals surface area contributed by atoms with Crippen LogP contribution in [0.25, 0.3) is 0 Å². The molecule has 0 bridgehead atoms. The Labute approximate surface area is 91.9 Å². The second-order valence-corrected chi connectivity index (χ2v) is 4.96. The first-order chi connectivity index (χ1) is 7.43. The molecule has 2 aliphatic rings. The number of hydrogen-bond acceptors (Lipinski definition) is 1. The highest BCUT2D eigenvalue weighted by molar-refractivity contribution is 5.59. The minimum Gasteiger partial charge on any atom is -0.385 e. The summed E-state index contributed by atoms with van der Waals surface area (Å²) in [7, 11) is 0. The molecule has 1 heterocycles. The molecule has 1 N–H and O–H groups in total. The van der Waals surface area contributed by atoms with Crippen LogP contribution < -0.4 is 5.32 Å². The molecule has 0 aromatic heterocycles. The van der Waals surface area contributed by atoms with Gasteiger partial charge in [-0.25, -0.2) is 0 Å². The van der Waals surface area contributed by atoms with Gasteiger partial charge in [-0.3, -0.25) is 0 Å². The summed E-state index contributed by atoms with van der Waals surface area (Å²) in [6, 6.07) is 6.82. The lowest BCUT2D eigenvalue weighted by molar-refractivity contribution is 0.723. The molecule has 0 atom stereocenters. The van der Waals surface area contributed by atoms with Gasteiger partial charge in [0, 0.05) is 12.2 Å². The maximum Gasteiger partial charge on any atom is 0.0405 e. The topological polar surface area (TPSA) is 12.0 Å². The van der Waals surface area contributed by atoms with Crippen molar-refractivity contribution < 1.29 is 0 Å². The quantitative estimate of drug-likeness (QED) is 0.790. The number of anilines is 1. The number of benzene rings is 1. The van der Waals surface area contributed by atoms with Crippen LogP contribution in [0.3, 0.4) is 0 Å². The van der Waals surface area contributed by atoms with Crippen molar-refractivity contribution >= 4 is 5.69 Å². The van der Waals surface area contributed by atoms with Crippen LogP contribution in [0.4, 0.5) is 5.69 Å². The molecule has 1 heteroatoms. The summed E-state index contributed by atoms with van der Waals surface area (Å²) in [6.45, 7) is 1.16. The molecule has 1 aromatic carbocycles. The standard InChI is InChI=1S/C14H19N/c1-3-12-5-2-10-15-14(12)13(4-1)9-8-11-6-7-11/h1,3-4,11,15H,2,5-10H2. The second kappa shape index (κ2) is 3.88. The van der Waals surface area contributed by atoms with Crippen LogP contribution in [0.2, 0.25) is 0 Å². The summed E-state index contributed by atoms with van der Waals surface area (Å²) in [5.41, 5.74) is 4.55. The molecule has 0 saturated heterocycles. The van der Waals surface area contributed by atoms with Crippen molar-refractivity contribution in [2.75, 3.05) is 11.9 Å². The van der Waals surface area contributed by atoms with E-state index < -0.39 is 0 Å². The zero-order chi connectivity index (χ0) is 10.1. The molecule has 1 aromatic rings. The lowest BCUT2D eigenvalue weighted by Gasteiger charge is -2.21. The summed E-state index contributed by atoms with van der Waals surface area (Å²) in [6.07, 6.45) is 8.18. The van der Waals surface area contributed by atoms with Crippen molar-refractivity contribution in [1.29, 1.82) is 0 Å². The van der Waals surface area contributed by atoms with Gasteiger partial charge in [-0.1, -0.05) is 31.0 Å². The van der Waals surface area contributed by atoms with Gasteiger partial charge < -0.3 is 5.32 Å². The highest BCUT2D eigenvalue weighted by Gasteiger charge is 2.21. The molecule has 0 unspecified atom stereocenters. The van der Waals surface area contributed by atoms with Crippen molar-refractivity contribution in [2.24, 2.45) is 5.92 Å². The first kappa shape index (κ1) is 9.26. The molecule has 80 valence electrons. The fraction of sp³-hybridized carbons (Fsp3) is 0.571. The smallest absolute Gasteiger partial charge is 0.0405 e. The van der Waals surface area contributed by atoms with Crippen LogP contribution in [-0.4, -0.2) is 6.54 Å². The van der Waals surface area contributed by atoms with E-state index in [0.29, 0.717) is 0 Å². The van der Waals surface area contributed by atoms with Gasteiger partial charge in [-0.2, -0.15) is 0 Å². The molecule has 1 aliphatic heterocycles. The summed E-state index contributed by atoms with van der Waals surface area (Å²) >= 11 is 0. The van der Waals surface area contributed by atoms with Gasteiger partial charge in [0.1, 0.15) is 0 Å². The summed E-state index contributed by atoms with van der Waals surface area (Å²) in [5.74, 6) is 1.05. The molecule has 1 saturated carbocycles. The van der Waals surface area contributed by atoms with E-state index in [2.05, 4.69) is 23.5 Å². The first-order valence-corrected chi connectivity index (χ1v) is 6.28. The Morgan fingerprint density at radius 3 is 3.07 bits per heavy atom. The third-order valence-electron chi connectivity index (χ3n) is 3.68. The van der Waals surface area contributed by atoms with Crippen molar-refractivity contribution in [3.05, 3.63) is 29.3 Å². The van der Waals surface area contributed by atoms with E-state index in [-0.39, 0.29) is 0 Å². The van der Waals surface area contributed by atoms with Gasteiger partial charge in [0.15, 0.2) is 0 Å². The van der Waals surface area contributed by atoms with E-state index in [1.54, 1.807) is 5.56 Å². The Kier molecular flexibility index (Phi) is 2.40. The molecule has 15 heavy (non-hydrogen) atoms. The first-order valence-electron chi connectivity index (χ1n) is 6.28. The van der Waals surface area contributed by atoms with E-state index in [0.717, 1.165) is 12.5 Å².